The topological polar surface area (TPSA) is 111 Å². The van der Waals surface area contributed by atoms with E-state index in [9.17, 15) is 14.9 Å². The number of carboxylic acid groups (broad SMARTS) is 1. The Balaban J connectivity index is 2.24. The number of hydrogen-bond donors (Lipinski definition) is 1. The lowest BCUT2D eigenvalue weighted by Crippen LogP contribution is -2.07. The van der Waals surface area contributed by atoms with Gasteiger partial charge in [0.15, 0.2) is 5.69 Å². The number of nitro groups is 1. The molecule has 2 aromatic rings. The van der Waals surface area contributed by atoms with Gasteiger partial charge in [0.05, 0.1) is 10.6 Å². The molecule has 0 atom stereocenters. The van der Waals surface area contributed by atoms with Crippen molar-refractivity contribution < 1.29 is 14.8 Å². The van der Waals surface area contributed by atoms with Gasteiger partial charge in [-0.1, -0.05) is 16.8 Å². The van der Waals surface area contributed by atoms with Crippen LogP contribution >= 0.6 is 11.6 Å². The molecule has 1 aliphatic rings. The zero-order chi connectivity index (χ0) is 15.1. The molecule has 1 aliphatic carbocycles. The van der Waals surface area contributed by atoms with Gasteiger partial charge in [-0.25, -0.2) is 9.48 Å². The minimum atomic E-state index is -1.20. The first kappa shape index (κ1) is 13.5. The number of hydrogen-bond acceptors (Lipinski definition) is 5. The molecule has 0 bridgehead atoms. The Morgan fingerprint density at radius 1 is 1.48 bits per heavy atom. The summed E-state index contributed by atoms with van der Waals surface area (Å²) in [4.78, 5) is 21.8. The molecule has 1 aromatic carbocycles. The molecule has 0 radical (unpaired) electrons. The van der Waals surface area contributed by atoms with Gasteiger partial charge in [-0.3, -0.25) is 10.1 Å². The Kier molecular flexibility index (Phi) is 3.09. The average molecular weight is 309 g/mol. The first-order valence-electron chi connectivity index (χ1n) is 6.12. The van der Waals surface area contributed by atoms with E-state index < -0.39 is 10.9 Å². The molecule has 1 saturated carbocycles. The van der Waals surface area contributed by atoms with E-state index in [2.05, 4.69) is 10.3 Å². The molecule has 1 N–H and O–H groups in total. The Bertz CT molecular complexity index is 754. The van der Waals surface area contributed by atoms with Crippen LogP contribution in [0.25, 0.3) is 5.69 Å². The van der Waals surface area contributed by atoms with Crippen molar-refractivity contribution in [3.63, 3.8) is 0 Å². The summed E-state index contributed by atoms with van der Waals surface area (Å²) < 4.78 is 1.21. The van der Waals surface area contributed by atoms with Gasteiger partial charge in [-0.2, -0.15) is 0 Å². The third-order valence-corrected chi connectivity index (χ3v) is 3.47. The second kappa shape index (κ2) is 4.81. The molecule has 0 unspecified atom stereocenters. The maximum atomic E-state index is 11.2. The number of benzene rings is 1. The minimum Gasteiger partial charge on any atom is -0.476 e. The molecule has 1 aromatic heterocycles. The van der Waals surface area contributed by atoms with E-state index in [4.69, 9.17) is 16.7 Å². The lowest BCUT2D eigenvalue weighted by molar-refractivity contribution is -0.384. The van der Waals surface area contributed by atoms with Crippen molar-refractivity contribution in [1.82, 2.24) is 15.0 Å². The summed E-state index contributed by atoms with van der Waals surface area (Å²) in [5, 5.41) is 28.0. The van der Waals surface area contributed by atoms with E-state index >= 15 is 0 Å². The number of rotatable bonds is 4. The fourth-order valence-corrected chi connectivity index (χ4v) is 2.33. The number of carbonyl (C=O) groups is 1. The van der Waals surface area contributed by atoms with Crippen LogP contribution in [0.4, 0.5) is 5.69 Å². The SMILES string of the molecule is O=C(O)c1nnn(-c2cc(Cl)ccc2[N+](=O)[O-])c1C1CC1. The van der Waals surface area contributed by atoms with Gasteiger partial charge in [0, 0.05) is 17.0 Å². The van der Waals surface area contributed by atoms with Gasteiger partial charge in [-0.15, -0.1) is 5.10 Å². The Labute approximate surface area is 123 Å². The molecule has 0 aliphatic heterocycles. The summed E-state index contributed by atoms with van der Waals surface area (Å²) in [5.41, 5.74) is 0.122. The molecule has 0 amide bonds. The van der Waals surface area contributed by atoms with Crippen LogP contribution in [0.5, 0.6) is 0 Å². The maximum Gasteiger partial charge on any atom is 0.358 e. The van der Waals surface area contributed by atoms with Crippen molar-refractivity contribution >= 4 is 23.3 Å². The molecule has 108 valence electrons. The minimum absolute atomic E-state index is 0.00434. The van der Waals surface area contributed by atoms with E-state index in [1.807, 2.05) is 0 Å². The zero-order valence-corrected chi connectivity index (χ0v) is 11.3. The van der Waals surface area contributed by atoms with Gasteiger partial charge in [0.1, 0.15) is 5.69 Å². The highest BCUT2D eigenvalue weighted by molar-refractivity contribution is 6.30. The van der Waals surface area contributed by atoms with Crippen LogP contribution in [0.15, 0.2) is 18.2 Å². The van der Waals surface area contributed by atoms with Crippen molar-refractivity contribution in [1.29, 1.82) is 0 Å². The van der Waals surface area contributed by atoms with Crippen LogP contribution in [0, 0.1) is 10.1 Å². The van der Waals surface area contributed by atoms with Crippen LogP contribution in [-0.2, 0) is 0 Å². The Morgan fingerprint density at radius 2 is 2.19 bits per heavy atom. The number of nitrogens with zero attached hydrogens (tertiary/aromatic N) is 4. The zero-order valence-electron chi connectivity index (χ0n) is 10.6. The van der Waals surface area contributed by atoms with Crippen molar-refractivity contribution in [3.8, 4) is 5.69 Å². The number of aromatic carboxylic acids is 1. The monoisotopic (exact) mass is 308 g/mol. The van der Waals surface area contributed by atoms with Crippen molar-refractivity contribution in [2.45, 2.75) is 18.8 Å². The lowest BCUT2D eigenvalue weighted by atomic mass is 10.2. The number of halogens is 1. The van der Waals surface area contributed by atoms with Gasteiger partial charge in [0.2, 0.25) is 0 Å². The van der Waals surface area contributed by atoms with Crippen molar-refractivity contribution in [2.75, 3.05) is 0 Å². The Morgan fingerprint density at radius 3 is 2.76 bits per heavy atom. The summed E-state index contributed by atoms with van der Waals surface area (Å²) in [7, 11) is 0. The molecular weight excluding hydrogens is 300 g/mol. The van der Waals surface area contributed by atoms with Gasteiger partial charge < -0.3 is 5.11 Å². The van der Waals surface area contributed by atoms with Gasteiger partial charge in [-0.05, 0) is 25.0 Å². The largest absolute Gasteiger partial charge is 0.476 e. The molecule has 1 fully saturated rings. The molecule has 8 nitrogen and oxygen atoms in total. The van der Waals surface area contributed by atoms with Crippen LogP contribution < -0.4 is 0 Å². The van der Waals surface area contributed by atoms with E-state index in [0.717, 1.165) is 12.8 Å². The Hall–Kier alpha value is -2.48. The quantitative estimate of drug-likeness (QED) is 0.685. The highest BCUT2D eigenvalue weighted by Gasteiger charge is 2.35. The molecule has 3 rings (SSSR count). The predicted octanol–water partition coefficient (Wildman–Crippen LogP) is 2.40. The van der Waals surface area contributed by atoms with Crippen LogP contribution in [0.1, 0.15) is 34.9 Å². The molecule has 0 saturated heterocycles. The predicted molar refractivity (Wildman–Crippen MR) is 72.0 cm³/mol. The maximum absolute atomic E-state index is 11.2. The van der Waals surface area contributed by atoms with E-state index in [-0.39, 0.29) is 23.0 Å². The summed E-state index contributed by atoms with van der Waals surface area (Å²) in [6.45, 7) is 0. The van der Waals surface area contributed by atoms with Crippen LogP contribution in [-0.4, -0.2) is 31.0 Å². The first-order chi connectivity index (χ1) is 9.99. The molecule has 21 heavy (non-hydrogen) atoms. The second-order valence-corrected chi connectivity index (χ2v) is 5.14. The lowest BCUT2D eigenvalue weighted by Gasteiger charge is -2.07. The van der Waals surface area contributed by atoms with Crippen LogP contribution in [0.3, 0.4) is 0 Å². The smallest absolute Gasteiger partial charge is 0.358 e. The molecular formula is C12H9ClN4O4. The summed E-state index contributed by atoms with van der Waals surface area (Å²) >= 11 is 5.89. The van der Waals surface area contributed by atoms with Crippen molar-refractivity contribution in [3.05, 3.63) is 44.7 Å². The van der Waals surface area contributed by atoms with E-state index in [1.165, 1.54) is 22.9 Å². The van der Waals surface area contributed by atoms with Gasteiger partial charge in [0.25, 0.3) is 5.69 Å². The third kappa shape index (κ3) is 2.33. The molecule has 0 spiro atoms. The standard InChI is InChI=1S/C12H9ClN4O4/c13-7-3-4-8(17(20)21)9(5-7)16-11(6-1-2-6)10(12(18)19)14-15-16/h3-6H,1-2H2,(H,18,19). The first-order valence-corrected chi connectivity index (χ1v) is 6.50. The fourth-order valence-electron chi connectivity index (χ4n) is 2.16. The highest BCUT2D eigenvalue weighted by Crippen LogP contribution is 2.42. The fraction of sp³-hybridized carbons (Fsp3) is 0.250. The van der Waals surface area contributed by atoms with E-state index in [1.54, 1.807) is 0 Å². The van der Waals surface area contributed by atoms with Crippen molar-refractivity contribution in [2.24, 2.45) is 0 Å². The summed E-state index contributed by atoms with van der Waals surface area (Å²) in [6, 6.07) is 4.04. The third-order valence-electron chi connectivity index (χ3n) is 3.23. The summed E-state index contributed by atoms with van der Waals surface area (Å²) in [5.74, 6) is -1.20. The van der Waals surface area contributed by atoms with Crippen LogP contribution in [0.2, 0.25) is 5.02 Å². The second-order valence-electron chi connectivity index (χ2n) is 4.70. The average Bonchev–Trinajstić information content (AvgIpc) is 3.16. The van der Waals surface area contributed by atoms with Gasteiger partial charge >= 0.3 is 5.97 Å². The highest BCUT2D eigenvalue weighted by atomic mass is 35.5. The molecule has 9 heteroatoms. The summed E-state index contributed by atoms with van der Waals surface area (Å²) in [6.07, 6.45) is 1.62. The van der Waals surface area contributed by atoms with E-state index in [0.29, 0.717) is 10.7 Å². The molecule has 1 heterocycles. The normalized spacial score (nSPS) is 14.1. The number of aromatic nitrogens is 3. The number of carboxylic acids is 1. The number of nitro benzene ring substituents is 1.